The first-order valence-electron chi connectivity index (χ1n) is 10.1. The molecule has 2 aliphatic carbocycles. The number of amides is 2. The third-order valence-corrected chi connectivity index (χ3v) is 5.70. The zero-order valence-electron chi connectivity index (χ0n) is 15.8. The Labute approximate surface area is 155 Å². The highest BCUT2D eigenvalue weighted by molar-refractivity contribution is 5.94. The molecule has 0 atom stereocenters. The predicted octanol–water partition coefficient (Wildman–Crippen LogP) is 3.91. The molecule has 0 spiro atoms. The van der Waals surface area contributed by atoms with Gasteiger partial charge in [-0.15, -0.1) is 0 Å². The highest BCUT2D eigenvalue weighted by atomic mass is 16.5. The van der Waals surface area contributed by atoms with E-state index in [9.17, 15) is 9.59 Å². The molecule has 144 valence electrons. The van der Waals surface area contributed by atoms with Crippen molar-refractivity contribution in [3.63, 3.8) is 0 Å². The second-order valence-electron chi connectivity index (χ2n) is 7.93. The van der Waals surface area contributed by atoms with Crippen molar-refractivity contribution in [1.82, 2.24) is 10.1 Å². The van der Waals surface area contributed by atoms with Crippen LogP contribution in [0.15, 0.2) is 10.6 Å². The van der Waals surface area contributed by atoms with Crippen LogP contribution in [0, 0.1) is 18.8 Å². The quantitative estimate of drug-likeness (QED) is 0.833. The molecule has 0 aromatic carbocycles. The number of carbonyl (C=O) groups is 2. The van der Waals surface area contributed by atoms with Crippen molar-refractivity contribution >= 4 is 17.6 Å². The molecule has 1 N–H and O–H groups in total. The van der Waals surface area contributed by atoms with Crippen LogP contribution in [0.25, 0.3) is 0 Å². The van der Waals surface area contributed by atoms with Crippen LogP contribution in [-0.4, -0.2) is 35.0 Å². The van der Waals surface area contributed by atoms with E-state index in [1.165, 1.54) is 38.5 Å². The Bertz CT molecular complexity index is 601. The summed E-state index contributed by atoms with van der Waals surface area (Å²) in [4.78, 5) is 27.4. The van der Waals surface area contributed by atoms with Gasteiger partial charge in [0.25, 0.3) is 0 Å². The summed E-state index contributed by atoms with van der Waals surface area (Å²) in [5, 5.41) is 6.55. The van der Waals surface area contributed by atoms with Crippen LogP contribution < -0.4 is 5.32 Å². The summed E-state index contributed by atoms with van der Waals surface area (Å²) in [7, 11) is 0. The van der Waals surface area contributed by atoms with Crippen molar-refractivity contribution in [1.29, 1.82) is 0 Å². The van der Waals surface area contributed by atoms with Crippen LogP contribution in [-0.2, 0) is 9.59 Å². The first-order valence-corrected chi connectivity index (χ1v) is 10.1. The topological polar surface area (TPSA) is 75.4 Å². The van der Waals surface area contributed by atoms with Crippen molar-refractivity contribution in [3.8, 4) is 0 Å². The van der Waals surface area contributed by atoms with Gasteiger partial charge >= 0.3 is 0 Å². The molecular formula is C20H31N3O3. The van der Waals surface area contributed by atoms with E-state index in [4.69, 9.17) is 4.52 Å². The summed E-state index contributed by atoms with van der Waals surface area (Å²) in [6.45, 7) is 2.60. The molecule has 2 saturated carbocycles. The second kappa shape index (κ2) is 9.19. The fourth-order valence-corrected chi connectivity index (χ4v) is 4.30. The third-order valence-electron chi connectivity index (χ3n) is 5.70. The number of nitrogens with zero attached hydrogens (tertiary/aromatic N) is 2. The van der Waals surface area contributed by atoms with E-state index < -0.39 is 0 Å². The highest BCUT2D eigenvalue weighted by Crippen LogP contribution is 2.28. The fraction of sp³-hybridized carbons (Fsp3) is 0.750. The van der Waals surface area contributed by atoms with E-state index >= 15 is 0 Å². The zero-order valence-corrected chi connectivity index (χ0v) is 15.8. The molecule has 0 saturated heterocycles. The maximum atomic E-state index is 13.1. The lowest BCUT2D eigenvalue weighted by molar-refractivity contribution is -0.140. The molecule has 6 heteroatoms. The van der Waals surface area contributed by atoms with Crippen LogP contribution in [0.2, 0.25) is 0 Å². The smallest absolute Gasteiger partial charge is 0.245 e. The lowest BCUT2D eigenvalue weighted by Crippen LogP contribution is -2.44. The van der Waals surface area contributed by atoms with Gasteiger partial charge in [0.1, 0.15) is 5.76 Å². The lowest BCUT2D eigenvalue weighted by atomic mass is 9.86. The summed E-state index contributed by atoms with van der Waals surface area (Å²) in [5.74, 6) is 1.65. The van der Waals surface area contributed by atoms with E-state index in [2.05, 4.69) is 10.5 Å². The molecule has 0 bridgehead atoms. The summed E-state index contributed by atoms with van der Waals surface area (Å²) < 4.78 is 4.99. The Morgan fingerprint density at radius 1 is 1.12 bits per heavy atom. The zero-order chi connectivity index (χ0) is 18.4. The molecule has 1 heterocycles. The number of hydrogen-bond acceptors (Lipinski definition) is 4. The lowest BCUT2D eigenvalue weighted by Gasteiger charge is -2.33. The van der Waals surface area contributed by atoms with Gasteiger partial charge in [-0.25, -0.2) is 0 Å². The molecule has 26 heavy (non-hydrogen) atoms. The summed E-state index contributed by atoms with van der Waals surface area (Å²) in [5.41, 5.74) is 0. The van der Waals surface area contributed by atoms with Gasteiger partial charge in [-0.2, -0.15) is 0 Å². The summed E-state index contributed by atoms with van der Waals surface area (Å²) in [6, 6.07) is 1.69. The van der Waals surface area contributed by atoms with Gasteiger partial charge < -0.3 is 14.7 Å². The van der Waals surface area contributed by atoms with Crippen LogP contribution in [0.1, 0.15) is 70.0 Å². The summed E-state index contributed by atoms with van der Waals surface area (Å²) in [6.07, 6.45) is 11.5. The van der Waals surface area contributed by atoms with Crippen molar-refractivity contribution in [2.75, 3.05) is 18.4 Å². The fourth-order valence-electron chi connectivity index (χ4n) is 4.30. The minimum Gasteiger partial charge on any atom is -0.360 e. The molecule has 0 aliphatic heterocycles. The molecule has 3 rings (SSSR count). The maximum Gasteiger partial charge on any atom is 0.245 e. The SMILES string of the molecule is Cc1cc(NC(=O)CN(CC2CCCCC2)C(=O)C2CCCCC2)no1. The first kappa shape index (κ1) is 18.9. The van der Waals surface area contributed by atoms with Gasteiger partial charge in [0, 0.05) is 18.5 Å². The number of aromatic nitrogens is 1. The van der Waals surface area contributed by atoms with Crippen molar-refractivity contribution < 1.29 is 14.1 Å². The predicted molar refractivity (Wildman–Crippen MR) is 99.6 cm³/mol. The minimum absolute atomic E-state index is 0.0921. The number of rotatable bonds is 6. The molecule has 0 radical (unpaired) electrons. The van der Waals surface area contributed by atoms with E-state index in [1.807, 2.05) is 4.90 Å². The Morgan fingerprint density at radius 2 is 1.77 bits per heavy atom. The van der Waals surface area contributed by atoms with Gasteiger partial charge in [0.2, 0.25) is 11.8 Å². The second-order valence-corrected chi connectivity index (χ2v) is 7.93. The van der Waals surface area contributed by atoms with Crippen LogP contribution in [0.5, 0.6) is 0 Å². The molecule has 2 amide bonds. The van der Waals surface area contributed by atoms with Gasteiger partial charge in [0.15, 0.2) is 5.82 Å². The number of anilines is 1. The van der Waals surface area contributed by atoms with Crippen LogP contribution >= 0.6 is 0 Å². The molecule has 2 fully saturated rings. The van der Waals surface area contributed by atoms with E-state index in [0.717, 1.165) is 25.7 Å². The summed E-state index contributed by atoms with van der Waals surface area (Å²) >= 11 is 0. The average Bonchev–Trinajstić information content (AvgIpc) is 3.06. The Balaban J connectivity index is 1.62. The number of nitrogens with one attached hydrogen (secondary N) is 1. The van der Waals surface area contributed by atoms with Crippen molar-refractivity contribution in [2.24, 2.45) is 11.8 Å². The van der Waals surface area contributed by atoms with Crippen molar-refractivity contribution in [3.05, 3.63) is 11.8 Å². The Morgan fingerprint density at radius 3 is 2.38 bits per heavy atom. The minimum atomic E-state index is -0.196. The Kier molecular flexibility index (Phi) is 6.69. The van der Waals surface area contributed by atoms with Gasteiger partial charge in [-0.05, 0) is 38.5 Å². The molecule has 1 aromatic heterocycles. The number of hydrogen-bond donors (Lipinski definition) is 1. The standard InChI is InChI=1S/C20H31N3O3/c1-15-12-18(22-26-15)21-19(24)14-23(13-16-8-4-2-5-9-16)20(25)17-10-6-3-7-11-17/h12,16-17H,2-11,13-14H2,1H3,(H,21,22,24). The molecular weight excluding hydrogens is 330 g/mol. The molecule has 0 unspecified atom stereocenters. The number of aryl methyl sites for hydroxylation is 1. The average molecular weight is 361 g/mol. The first-order chi connectivity index (χ1) is 12.6. The van der Waals surface area contributed by atoms with E-state index in [-0.39, 0.29) is 24.3 Å². The van der Waals surface area contributed by atoms with E-state index in [1.54, 1.807) is 13.0 Å². The van der Waals surface area contributed by atoms with E-state index in [0.29, 0.717) is 24.0 Å². The van der Waals surface area contributed by atoms with Gasteiger partial charge in [0.05, 0.1) is 6.54 Å². The van der Waals surface area contributed by atoms with Crippen LogP contribution in [0.4, 0.5) is 5.82 Å². The number of carbonyl (C=O) groups excluding carboxylic acids is 2. The van der Waals surface area contributed by atoms with Crippen LogP contribution in [0.3, 0.4) is 0 Å². The van der Waals surface area contributed by atoms with Gasteiger partial charge in [-0.1, -0.05) is 43.7 Å². The third kappa shape index (κ3) is 5.32. The normalized spacial score (nSPS) is 19.3. The van der Waals surface area contributed by atoms with Gasteiger partial charge in [-0.3, -0.25) is 9.59 Å². The highest BCUT2D eigenvalue weighted by Gasteiger charge is 2.29. The molecule has 6 nitrogen and oxygen atoms in total. The largest absolute Gasteiger partial charge is 0.360 e. The molecule has 1 aromatic rings. The Hall–Kier alpha value is -1.85. The maximum absolute atomic E-state index is 13.1. The van der Waals surface area contributed by atoms with Crippen molar-refractivity contribution in [2.45, 2.75) is 71.1 Å². The monoisotopic (exact) mass is 361 g/mol. The molecule has 2 aliphatic rings.